The van der Waals surface area contributed by atoms with Gasteiger partial charge in [0.25, 0.3) is 0 Å². The van der Waals surface area contributed by atoms with Gasteiger partial charge in [0, 0.05) is 5.54 Å². The summed E-state index contributed by atoms with van der Waals surface area (Å²) in [5, 5.41) is 0. The van der Waals surface area contributed by atoms with Crippen LogP contribution in [-0.2, 0) is 0 Å². The molecule has 0 radical (unpaired) electrons. The first-order valence-electron chi connectivity index (χ1n) is 6.83. The van der Waals surface area contributed by atoms with Crippen molar-refractivity contribution in [2.75, 3.05) is 0 Å². The van der Waals surface area contributed by atoms with Gasteiger partial charge >= 0.3 is 0 Å². The van der Waals surface area contributed by atoms with E-state index in [1.807, 2.05) is 0 Å². The standard InChI is InChI=1S/C14H29N/c1-5-12-7-9-13(10-8-12)14(15,6-2)11(3)4/h11-13H,5-10,15H2,1-4H3. The maximum atomic E-state index is 6.60. The summed E-state index contributed by atoms with van der Waals surface area (Å²) in [4.78, 5) is 0. The molecule has 0 heterocycles. The molecule has 15 heavy (non-hydrogen) atoms. The van der Waals surface area contributed by atoms with Gasteiger partial charge in [-0.05, 0) is 37.0 Å². The van der Waals surface area contributed by atoms with Crippen molar-refractivity contribution in [2.45, 2.75) is 71.8 Å². The Balaban J connectivity index is 2.57. The highest BCUT2D eigenvalue weighted by molar-refractivity contribution is 4.94. The fourth-order valence-electron chi connectivity index (χ4n) is 3.28. The fourth-order valence-corrected chi connectivity index (χ4v) is 3.28. The predicted molar refractivity (Wildman–Crippen MR) is 67.8 cm³/mol. The largest absolute Gasteiger partial charge is 0.325 e. The van der Waals surface area contributed by atoms with Crippen LogP contribution in [0.2, 0.25) is 0 Å². The molecule has 0 saturated heterocycles. The molecule has 0 spiro atoms. The van der Waals surface area contributed by atoms with Crippen molar-refractivity contribution in [2.24, 2.45) is 23.5 Å². The molecule has 1 unspecified atom stereocenters. The van der Waals surface area contributed by atoms with E-state index >= 15 is 0 Å². The lowest BCUT2D eigenvalue weighted by Gasteiger charge is -2.44. The molecular weight excluding hydrogens is 182 g/mol. The Morgan fingerprint density at radius 1 is 1.13 bits per heavy atom. The van der Waals surface area contributed by atoms with E-state index < -0.39 is 0 Å². The first kappa shape index (κ1) is 13.0. The third-order valence-electron chi connectivity index (χ3n) is 4.87. The van der Waals surface area contributed by atoms with Crippen LogP contribution in [-0.4, -0.2) is 5.54 Å². The molecule has 1 nitrogen and oxygen atoms in total. The zero-order valence-electron chi connectivity index (χ0n) is 11.1. The SMILES string of the molecule is CCC1CCC(C(N)(CC)C(C)C)CC1. The van der Waals surface area contributed by atoms with Gasteiger partial charge in [0.05, 0.1) is 0 Å². The third-order valence-corrected chi connectivity index (χ3v) is 4.87. The molecule has 0 amide bonds. The molecule has 1 aliphatic carbocycles. The summed E-state index contributed by atoms with van der Waals surface area (Å²) in [6, 6.07) is 0. The van der Waals surface area contributed by atoms with Gasteiger partial charge in [-0.3, -0.25) is 0 Å². The summed E-state index contributed by atoms with van der Waals surface area (Å²) in [5.41, 5.74) is 6.70. The molecule has 1 heteroatoms. The second-order valence-corrected chi connectivity index (χ2v) is 5.75. The monoisotopic (exact) mass is 211 g/mol. The van der Waals surface area contributed by atoms with Crippen molar-refractivity contribution in [3.8, 4) is 0 Å². The molecule has 1 atom stereocenters. The summed E-state index contributed by atoms with van der Waals surface area (Å²) in [6.07, 6.45) is 8.03. The highest BCUT2D eigenvalue weighted by atomic mass is 14.8. The van der Waals surface area contributed by atoms with Crippen molar-refractivity contribution >= 4 is 0 Å². The average Bonchev–Trinajstić information content (AvgIpc) is 2.28. The number of hydrogen-bond acceptors (Lipinski definition) is 1. The van der Waals surface area contributed by atoms with E-state index in [-0.39, 0.29) is 5.54 Å². The van der Waals surface area contributed by atoms with E-state index in [9.17, 15) is 0 Å². The fraction of sp³-hybridized carbons (Fsp3) is 1.00. The minimum atomic E-state index is 0.0959. The van der Waals surface area contributed by atoms with Gasteiger partial charge < -0.3 is 5.73 Å². The highest BCUT2D eigenvalue weighted by Gasteiger charge is 2.37. The Bertz CT molecular complexity index is 180. The molecule has 0 aromatic rings. The van der Waals surface area contributed by atoms with E-state index in [2.05, 4.69) is 27.7 Å². The molecule has 1 saturated carbocycles. The van der Waals surface area contributed by atoms with E-state index in [1.54, 1.807) is 0 Å². The van der Waals surface area contributed by atoms with Gasteiger partial charge in [0.2, 0.25) is 0 Å². The van der Waals surface area contributed by atoms with Crippen molar-refractivity contribution < 1.29 is 0 Å². The number of hydrogen-bond donors (Lipinski definition) is 1. The zero-order chi connectivity index (χ0) is 11.5. The summed E-state index contributed by atoms with van der Waals surface area (Å²) in [7, 11) is 0. The van der Waals surface area contributed by atoms with Crippen LogP contribution in [0.5, 0.6) is 0 Å². The van der Waals surface area contributed by atoms with Crippen LogP contribution in [0.25, 0.3) is 0 Å². The maximum absolute atomic E-state index is 6.60. The van der Waals surface area contributed by atoms with Crippen molar-refractivity contribution in [1.82, 2.24) is 0 Å². The van der Waals surface area contributed by atoms with E-state index in [1.165, 1.54) is 32.1 Å². The number of rotatable bonds is 4. The second kappa shape index (κ2) is 5.34. The van der Waals surface area contributed by atoms with E-state index in [0.29, 0.717) is 5.92 Å². The van der Waals surface area contributed by atoms with E-state index in [4.69, 9.17) is 5.73 Å². The molecule has 1 rings (SSSR count). The van der Waals surface area contributed by atoms with Crippen LogP contribution in [0.3, 0.4) is 0 Å². The Morgan fingerprint density at radius 3 is 2.00 bits per heavy atom. The first-order chi connectivity index (χ1) is 7.04. The Morgan fingerprint density at radius 2 is 1.67 bits per heavy atom. The lowest BCUT2D eigenvalue weighted by molar-refractivity contribution is 0.125. The summed E-state index contributed by atoms with van der Waals surface area (Å²) in [5.74, 6) is 2.37. The van der Waals surface area contributed by atoms with Crippen LogP contribution < -0.4 is 5.73 Å². The van der Waals surface area contributed by atoms with Crippen LogP contribution in [0.15, 0.2) is 0 Å². The third kappa shape index (κ3) is 2.75. The number of nitrogens with two attached hydrogens (primary N) is 1. The average molecular weight is 211 g/mol. The van der Waals surface area contributed by atoms with Gasteiger partial charge in [0.1, 0.15) is 0 Å². The maximum Gasteiger partial charge on any atom is 0.0203 e. The van der Waals surface area contributed by atoms with Crippen molar-refractivity contribution in [3.63, 3.8) is 0 Å². The van der Waals surface area contributed by atoms with Crippen molar-refractivity contribution in [1.29, 1.82) is 0 Å². The topological polar surface area (TPSA) is 26.0 Å². The Labute approximate surface area is 95.8 Å². The molecule has 2 N–H and O–H groups in total. The minimum Gasteiger partial charge on any atom is -0.325 e. The first-order valence-corrected chi connectivity index (χ1v) is 6.83. The molecule has 90 valence electrons. The highest BCUT2D eigenvalue weighted by Crippen LogP contribution is 2.40. The molecule has 0 bridgehead atoms. The molecule has 0 aliphatic heterocycles. The quantitative estimate of drug-likeness (QED) is 0.748. The van der Waals surface area contributed by atoms with Crippen molar-refractivity contribution in [3.05, 3.63) is 0 Å². The van der Waals surface area contributed by atoms with Gasteiger partial charge in [-0.25, -0.2) is 0 Å². The molecule has 1 fully saturated rings. The molecular formula is C14H29N. The molecule has 0 aromatic carbocycles. The van der Waals surface area contributed by atoms with Crippen LogP contribution in [0.1, 0.15) is 66.2 Å². The van der Waals surface area contributed by atoms with Gasteiger partial charge in [-0.1, -0.05) is 47.0 Å². The summed E-state index contributed by atoms with van der Waals surface area (Å²) >= 11 is 0. The van der Waals surface area contributed by atoms with Gasteiger partial charge in [-0.2, -0.15) is 0 Å². The normalized spacial score (nSPS) is 31.6. The minimum absolute atomic E-state index is 0.0959. The Kier molecular flexibility index (Phi) is 4.64. The van der Waals surface area contributed by atoms with Crippen LogP contribution in [0.4, 0.5) is 0 Å². The van der Waals surface area contributed by atoms with E-state index in [0.717, 1.165) is 18.3 Å². The van der Waals surface area contributed by atoms with Crippen LogP contribution in [0, 0.1) is 17.8 Å². The smallest absolute Gasteiger partial charge is 0.0203 e. The summed E-state index contributed by atoms with van der Waals surface area (Å²) < 4.78 is 0. The predicted octanol–water partition coefficient (Wildman–Crippen LogP) is 3.97. The lowest BCUT2D eigenvalue weighted by atomic mass is 9.66. The zero-order valence-corrected chi connectivity index (χ0v) is 11.1. The lowest BCUT2D eigenvalue weighted by Crippen LogP contribution is -2.52. The van der Waals surface area contributed by atoms with Crippen LogP contribution >= 0.6 is 0 Å². The van der Waals surface area contributed by atoms with Gasteiger partial charge in [0.15, 0.2) is 0 Å². The molecule has 0 aromatic heterocycles. The second-order valence-electron chi connectivity index (χ2n) is 5.75. The summed E-state index contributed by atoms with van der Waals surface area (Å²) in [6.45, 7) is 9.15. The van der Waals surface area contributed by atoms with Gasteiger partial charge in [-0.15, -0.1) is 0 Å². The Hall–Kier alpha value is -0.0400. The molecule has 1 aliphatic rings.